The number of hydrogen-bond donors (Lipinski definition) is 1. The van der Waals surface area contributed by atoms with Crippen molar-refractivity contribution < 1.29 is 4.92 Å². The van der Waals surface area contributed by atoms with Crippen LogP contribution in [0.15, 0.2) is 22.7 Å². The molecule has 5 nitrogen and oxygen atoms in total. The minimum atomic E-state index is -0.357. The molecule has 1 aromatic carbocycles. The van der Waals surface area contributed by atoms with Gasteiger partial charge in [0, 0.05) is 35.7 Å². The molecular weight excluding hydrogens is 334 g/mol. The van der Waals surface area contributed by atoms with Gasteiger partial charge in [-0.05, 0) is 44.5 Å². The van der Waals surface area contributed by atoms with E-state index in [1.807, 2.05) is 6.07 Å². The highest BCUT2D eigenvalue weighted by Crippen LogP contribution is 2.21. The Balaban J connectivity index is 1.84. The van der Waals surface area contributed by atoms with Crippen LogP contribution in [0.4, 0.5) is 5.69 Å². The van der Waals surface area contributed by atoms with E-state index < -0.39 is 0 Å². The minimum absolute atomic E-state index is 0.130. The van der Waals surface area contributed by atoms with Crippen molar-refractivity contribution in [1.82, 2.24) is 10.2 Å². The maximum Gasteiger partial charge on any atom is 0.270 e. The number of benzene rings is 1. The van der Waals surface area contributed by atoms with Gasteiger partial charge in [-0.25, -0.2) is 0 Å². The Morgan fingerprint density at radius 2 is 2.05 bits per heavy atom. The Kier molecular flexibility index (Phi) is 6.14. The zero-order valence-corrected chi connectivity index (χ0v) is 13.9. The first-order valence-electron chi connectivity index (χ1n) is 7.45. The number of piperidine rings is 1. The lowest BCUT2D eigenvalue weighted by Gasteiger charge is -2.32. The van der Waals surface area contributed by atoms with Gasteiger partial charge in [-0.1, -0.05) is 22.4 Å². The van der Waals surface area contributed by atoms with Crippen LogP contribution in [0.2, 0.25) is 0 Å². The van der Waals surface area contributed by atoms with E-state index in [0.29, 0.717) is 12.6 Å². The van der Waals surface area contributed by atoms with Crippen LogP contribution in [0.5, 0.6) is 0 Å². The summed E-state index contributed by atoms with van der Waals surface area (Å²) in [5.41, 5.74) is 1.06. The highest BCUT2D eigenvalue weighted by molar-refractivity contribution is 9.10. The van der Waals surface area contributed by atoms with E-state index in [9.17, 15) is 10.1 Å². The first-order chi connectivity index (χ1) is 10.1. The lowest BCUT2D eigenvalue weighted by Crippen LogP contribution is -2.42. The third-order valence-corrected chi connectivity index (χ3v) is 4.39. The third-order valence-electron chi connectivity index (χ3n) is 3.94. The fourth-order valence-corrected chi connectivity index (χ4v) is 3.28. The van der Waals surface area contributed by atoms with Gasteiger partial charge in [0.2, 0.25) is 0 Å². The van der Waals surface area contributed by atoms with E-state index in [1.54, 1.807) is 6.07 Å². The lowest BCUT2D eigenvalue weighted by atomic mass is 10.1. The SMILES string of the molecule is CC(CNCc1cc(Br)cc([N+](=O)[O-])c1)N1CCCCC1. The summed E-state index contributed by atoms with van der Waals surface area (Å²) >= 11 is 3.32. The second-order valence-electron chi connectivity index (χ2n) is 5.65. The van der Waals surface area contributed by atoms with E-state index in [-0.39, 0.29) is 10.6 Å². The van der Waals surface area contributed by atoms with Crippen molar-refractivity contribution in [1.29, 1.82) is 0 Å². The van der Waals surface area contributed by atoms with Crippen LogP contribution in [-0.2, 0) is 6.54 Å². The molecule has 0 aromatic heterocycles. The number of nitro benzene ring substituents is 1. The maximum absolute atomic E-state index is 10.9. The quantitative estimate of drug-likeness (QED) is 0.628. The first kappa shape index (κ1) is 16.4. The van der Waals surface area contributed by atoms with Gasteiger partial charge < -0.3 is 5.32 Å². The molecule has 1 saturated heterocycles. The summed E-state index contributed by atoms with van der Waals surface area (Å²) in [5, 5.41) is 14.3. The first-order valence-corrected chi connectivity index (χ1v) is 8.24. The van der Waals surface area contributed by atoms with Crippen molar-refractivity contribution in [2.24, 2.45) is 0 Å². The van der Waals surface area contributed by atoms with Crippen molar-refractivity contribution in [3.05, 3.63) is 38.3 Å². The number of likely N-dealkylation sites (tertiary alicyclic amines) is 1. The number of nitrogens with zero attached hydrogens (tertiary/aromatic N) is 2. The molecule has 1 unspecified atom stereocenters. The maximum atomic E-state index is 10.9. The van der Waals surface area contributed by atoms with Crippen LogP contribution in [0, 0.1) is 10.1 Å². The number of nitro groups is 1. The van der Waals surface area contributed by atoms with Gasteiger partial charge in [-0.15, -0.1) is 0 Å². The molecule has 1 aromatic rings. The molecule has 6 heteroatoms. The minimum Gasteiger partial charge on any atom is -0.311 e. The fourth-order valence-electron chi connectivity index (χ4n) is 2.75. The van der Waals surface area contributed by atoms with Crippen molar-refractivity contribution >= 4 is 21.6 Å². The van der Waals surface area contributed by atoms with Gasteiger partial charge in [0.1, 0.15) is 0 Å². The highest BCUT2D eigenvalue weighted by Gasteiger charge is 2.16. The van der Waals surface area contributed by atoms with Crippen LogP contribution in [-0.4, -0.2) is 35.5 Å². The summed E-state index contributed by atoms with van der Waals surface area (Å²) in [6.45, 7) is 6.16. The van der Waals surface area contributed by atoms with Gasteiger partial charge in [0.15, 0.2) is 0 Å². The van der Waals surface area contributed by atoms with Crippen molar-refractivity contribution in [3.8, 4) is 0 Å². The van der Waals surface area contributed by atoms with E-state index >= 15 is 0 Å². The molecular formula is C15H22BrN3O2. The highest BCUT2D eigenvalue weighted by atomic mass is 79.9. The largest absolute Gasteiger partial charge is 0.311 e. The number of halogens is 1. The van der Waals surface area contributed by atoms with Crippen LogP contribution >= 0.6 is 15.9 Å². The molecule has 1 aliphatic rings. The van der Waals surface area contributed by atoms with Gasteiger partial charge in [0.05, 0.1) is 4.92 Å². The number of non-ortho nitro benzene ring substituents is 1. The van der Waals surface area contributed by atoms with Crippen LogP contribution in [0.25, 0.3) is 0 Å². The Bertz CT molecular complexity index is 490. The molecule has 2 rings (SSSR count). The lowest BCUT2D eigenvalue weighted by molar-refractivity contribution is -0.385. The molecule has 0 bridgehead atoms. The predicted octanol–water partition coefficient (Wildman–Crippen LogP) is 3.32. The second kappa shape index (κ2) is 7.87. The normalized spacial score (nSPS) is 17.6. The van der Waals surface area contributed by atoms with Crippen molar-refractivity contribution in [3.63, 3.8) is 0 Å². The van der Waals surface area contributed by atoms with E-state index in [1.165, 1.54) is 38.4 Å². The summed E-state index contributed by atoms with van der Waals surface area (Å²) in [5.74, 6) is 0. The van der Waals surface area contributed by atoms with Gasteiger partial charge in [0.25, 0.3) is 5.69 Å². The molecule has 1 aliphatic heterocycles. The summed E-state index contributed by atoms with van der Waals surface area (Å²) in [7, 11) is 0. The zero-order chi connectivity index (χ0) is 15.2. The topological polar surface area (TPSA) is 58.4 Å². The molecule has 0 radical (unpaired) electrons. The van der Waals surface area contributed by atoms with Gasteiger partial charge in [-0.2, -0.15) is 0 Å². The summed E-state index contributed by atoms with van der Waals surface area (Å²) in [6, 6.07) is 5.59. The summed E-state index contributed by atoms with van der Waals surface area (Å²) < 4.78 is 0.748. The smallest absolute Gasteiger partial charge is 0.270 e. The van der Waals surface area contributed by atoms with Crippen LogP contribution < -0.4 is 5.32 Å². The van der Waals surface area contributed by atoms with Crippen molar-refractivity contribution in [2.75, 3.05) is 19.6 Å². The van der Waals surface area contributed by atoms with Crippen LogP contribution in [0.3, 0.4) is 0 Å². The van der Waals surface area contributed by atoms with E-state index in [4.69, 9.17) is 0 Å². The monoisotopic (exact) mass is 355 g/mol. The zero-order valence-electron chi connectivity index (χ0n) is 12.3. The van der Waals surface area contributed by atoms with Crippen molar-refractivity contribution in [2.45, 2.75) is 38.8 Å². The predicted molar refractivity (Wildman–Crippen MR) is 87.4 cm³/mol. The molecule has 0 amide bonds. The van der Waals surface area contributed by atoms with Gasteiger partial charge >= 0.3 is 0 Å². The van der Waals surface area contributed by atoms with E-state index in [0.717, 1.165) is 16.6 Å². The second-order valence-corrected chi connectivity index (χ2v) is 6.57. The molecule has 0 aliphatic carbocycles. The number of rotatable bonds is 6. The Morgan fingerprint density at radius 3 is 2.71 bits per heavy atom. The van der Waals surface area contributed by atoms with E-state index in [2.05, 4.69) is 33.1 Å². The standard InChI is InChI=1S/C15H22BrN3O2/c1-12(18-5-3-2-4-6-18)10-17-11-13-7-14(16)9-15(8-13)19(20)21/h7-9,12,17H,2-6,10-11H2,1H3. The molecule has 1 N–H and O–H groups in total. The summed E-state index contributed by atoms with van der Waals surface area (Å²) in [4.78, 5) is 13.0. The van der Waals surface area contributed by atoms with Gasteiger partial charge in [-0.3, -0.25) is 15.0 Å². The Hall–Kier alpha value is -0.980. The third kappa shape index (κ3) is 5.05. The fraction of sp³-hybridized carbons (Fsp3) is 0.600. The number of hydrogen-bond acceptors (Lipinski definition) is 4. The molecule has 1 heterocycles. The van der Waals surface area contributed by atoms with Crippen LogP contribution in [0.1, 0.15) is 31.7 Å². The molecule has 1 fully saturated rings. The molecule has 21 heavy (non-hydrogen) atoms. The molecule has 0 spiro atoms. The Morgan fingerprint density at radius 1 is 1.33 bits per heavy atom. The average molecular weight is 356 g/mol. The number of nitrogens with one attached hydrogen (secondary N) is 1. The molecule has 116 valence electrons. The average Bonchev–Trinajstić information content (AvgIpc) is 2.47. The Labute approximate surface area is 134 Å². The molecule has 0 saturated carbocycles. The summed E-state index contributed by atoms with van der Waals surface area (Å²) in [6.07, 6.45) is 3.93. The molecule has 1 atom stereocenters.